The van der Waals surface area contributed by atoms with E-state index in [1.54, 1.807) is 18.4 Å². The summed E-state index contributed by atoms with van der Waals surface area (Å²) in [5.41, 5.74) is 3.32. The van der Waals surface area contributed by atoms with E-state index in [-0.39, 0.29) is 5.38 Å². The first-order valence-corrected chi connectivity index (χ1v) is 7.25. The second-order valence-corrected chi connectivity index (χ2v) is 6.00. The molecule has 1 aromatic heterocycles. The smallest absolute Gasteiger partial charge is 0.129 e. The first-order chi connectivity index (χ1) is 8.52. The van der Waals surface area contributed by atoms with Crippen LogP contribution < -0.4 is 4.74 Å². The van der Waals surface area contributed by atoms with Crippen molar-refractivity contribution in [3.8, 4) is 5.75 Å². The summed E-state index contributed by atoms with van der Waals surface area (Å²) >= 11 is 14.4. The van der Waals surface area contributed by atoms with Crippen molar-refractivity contribution in [2.24, 2.45) is 0 Å². The Kier molecular flexibility index (Phi) is 4.21. The van der Waals surface area contributed by atoms with Gasteiger partial charge >= 0.3 is 0 Å². The molecule has 0 spiro atoms. The number of halogens is 2. The maximum absolute atomic E-state index is 6.50. The lowest BCUT2D eigenvalue weighted by Gasteiger charge is -2.12. The van der Waals surface area contributed by atoms with Gasteiger partial charge in [-0.2, -0.15) is 0 Å². The summed E-state index contributed by atoms with van der Waals surface area (Å²) in [6.45, 7) is 4.11. The molecule has 0 saturated carbocycles. The van der Waals surface area contributed by atoms with Gasteiger partial charge in [-0.3, -0.25) is 0 Å². The van der Waals surface area contributed by atoms with Crippen molar-refractivity contribution < 1.29 is 4.74 Å². The highest BCUT2D eigenvalue weighted by Crippen LogP contribution is 2.39. The molecule has 0 amide bonds. The van der Waals surface area contributed by atoms with Crippen LogP contribution in [0.25, 0.3) is 0 Å². The zero-order valence-corrected chi connectivity index (χ0v) is 12.8. The van der Waals surface area contributed by atoms with Gasteiger partial charge < -0.3 is 4.74 Å². The highest BCUT2D eigenvalue weighted by Gasteiger charge is 2.17. The number of hydrogen-bond acceptors (Lipinski definition) is 2. The fourth-order valence-corrected chi connectivity index (χ4v) is 3.35. The topological polar surface area (TPSA) is 9.23 Å². The summed E-state index contributed by atoms with van der Waals surface area (Å²) < 4.78 is 5.17. The zero-order valence-electron chi connectivity index (χ0n) is 10.5. The number of ether oxygens (including phenoxy) is 1. The van der Waals surface area contributed by atoms with Crippen molar-refractivity contribution in [2.75, 3.05) is 7.11 Å². The molecular weight excluding hydrogens is 287 g/mol. The first kappa shape index (κ1) is 13.7. The number of hydrogen-bond donors (Lipinski definition) is 0. The number of rotatable bonds is 3. The second kappa shape index (κ2) is 5.52. The molecule has 96 valence electrons. The minimum Gasteiger partial charge on any atom is -0.496 e. The van der Waals surface area contributed by atoms with E-state index >= 15 is 0 Å². The predicted octanol–water partition coefficient (Wildman–Crippen LogP) is 5.36. The maximum Gasteiger partial charge on any atom is 0.129 e. The minimum absolute atomic E-state index is 0.231. The Morgan fingerprint density at radius 3 is 2.44 bits per heavy atom. The number of alkyl halides is 1. The number of aryl methyl sites for hydroxylation is 2. The Balaban J connectivity index is 2.39. The third kappa shape index (κ3) is 2.66. The van der Waals surface area contributed by atoms with Crippen LogP contribution in [0.3, 0.4) is 0 Å². The highest BCUT2D eigenvalue weighted by atomic mass is 35.5. The molecule has 0 aliphatic heterocycles. The number of methoxy groups -OCH3 is 1. The molecule has 0 aliphatic carbocycles. The van der Waals surface area contributed by atoms with Gasteiger partial charge in [0.1, 0.15) is 5.75 Å². The van der Waals surface area contributed by atoms with Gasteiger partial charge in [-0.05, 0) is 42.7 Å². The van der Waals surface area contributed by atoms with Crippen LogP contribution in [0, 0.1) is 13.8 Å². The van der Waals surface area contributed by atoms with Crippen molar-refractivity contribution in [3.63, 3.8) is 0 Å². The van der Waals surface area contributed by atoms with Crippen LogP contribution in [-0.2, 0) is 0 Å². The molecule has 4 heteroatoms. The van der Waals surface area contributed by atoms with E-state index in [0.29, 0.717) is 5.02 Å². The van der Waals surface area contributed by atoms with E-state index in [1.807, 2.05) is 24.4 Å². The Hall–Kier alpha value is -0.700. The summed E-state index contributed by atoms with van der Waals surface area (Å²) in [4.78, 5) is 1.04. The molecule has 0 bridgehead atoms. The lowest BCUT2D eigenvalue weighted by molar-refractivity contribution is 0.416. The maximum atomic E-state index is 6.50. The fraction of sp³-hybridized carbons (Fsp3) is 0.286. The van der Waals surface area contributed by atoms with E-state index in [1.165, 1.54) is 11.1 Å². The normalized spacial score (nSPS) is 12.5. The predicted molar refractivity (Wildman–Crippen MR) is 79.5 cm³/mol. The van der Waals surface area contributed by atoms with Crippen molar-refractivity contribution in [1.29, 1.82) is 0 Å². The van der Waals surface area contributed by atoms with Gasteiger partial charge in [0, 0.05) is 15.3 Å². The molecule has 1 atom stereocenters. The highest BCUT2D eigenvalue weighted by molar-refractivity contribution is 7.10. The van der Waals surface area contributed by atoms with Gasteiger partial charge in [0.05, 0.1) is 12.5 Å². The molecule has 2 aromatic rings. The second-order valence-electron chi connectivity index (χ2n) is 4.21. The van der Waals surface area contributed by atoms with Gasteiger partial charge in [0.25, 0.3) is 0 Å². The molecule has 0 N–H and O–H groups in total. The van der Waals surface area contributed by atoms with Crippen molar-refractivity contribution in [1.82, 2.24) is 0 Å². The lowest BCUT2D eigenvalue weighted by Crippen LogP contribution is -1.94. The van der Waals surface area contributed by atoms with Crippen LogP contribution in [-0.4, -0.2) is 7.11 Å². The molecule has 0 aliphatic rings. The molecule has 1 nitrogen and oxygen atoms in total. The SMILES string of the molecule is COc1csc(C(Cl)c2cc(C)c(C)cc2Cl)c1. The van der Waals surface area contributed by atoms with Crippen LogP contribution in [0.2, 0.25) is 5.02 Å². The molecule has 1 unspecified atom stereocenters. The van der Waals surface area contributed by atoms with Gasteiger partial charge in [-0.25, -0.2) is 0 Å². The number of benzene rings is 1. The third-order valence-electron chi connectivity index (χ3n) is 2.97. The van der Waals surface area contributed by atoms with E-state index in [2.05, 4.69) is 13.0 Å². The molecule has 0 fully saturated rings. The average Bonchev–Trinajstić information content (AvgIpc) is 2.81. The Morgan fingerprint density at radius 1 is 1.17 bits per heavy atom. The molecule has 18 heavy (non-hydrogen) atoms. The number of thiophene rings is 1. The van der Waals surface area contributed by atoms with Gasteiger partial charge in [0.2, 0.25) is 0 Å². The summed E-state index contributed by atoms with van der Waals surface area (Å²) in [6, 6.07) is 5.97. The van der Waals surface area contributed by atoms with Crippen LogP contribution in [0.4, 0.5) is 0 Å². The van der Waals surface area contributed by atoms with E-state index in [0.717, 1.165) is 16.2 Å². The molecule has 1 aromatic carbocycles. The molecule has 1 heterocycles. The van der Waals surface area contributed by atoms with Crippen LogP contribution in [0.1, 0.15) is 26.9 Å². The Labute approximate surface area is 121 Å². The van der Waals surface area contributed by atoms with Crippen molar-refractivity contribution in [3.05, 3.63) is 50.2 Å². The quantitative estimate of drug-likeness (QED) is 0.694. The van der Waals surface area contributed by atoms with Crippen LogP contribution >= 0.6 is 34.5 Å². The van der Waals surface area contributed by atoms with Crippen molar-refractivity contribution in [2.45, 2.75) is 19.2 Å². The fourth-order valence-electron chi connectivity index (χ4n) is 1.73. The first-order valence-electron chi connectivity index (χ1n) is 5.56. The van der Waals surface area contributed by atoms with E-state index in [4.69, 9.17) is 27.9 Å². The average molecular weight is 301 g/mol. The summed E-state index contributed by atoms with van der Waals surface area (Å²) in [7, 11) is 1.65. The lowest BCUT2D eigenvalue weighted by atomic mass is 10.0. The monoisotopic (exact) mass is 300 g/mol. The third-order valence-corrected chi connectivity index (χ3v) is 4.87. The van der Waals surface area contributed by atoms with E-state index in [9.17, 15) is 0 Å². The zero-order chi connectivity index (χ0) is 13.3. The molecular formula is C14H14Cl2OS. The van der Waals surface area contributed by atoms with Gasteiger partial charge in [-0.15, -0.1) is 22.9 Å². The van der Waals surface area contributed by atoms with E-state index < -0.39 is 0 Å². The molecule has 0 radical (unpaired) electrons. The van der Waals surface area contributed by atoms with Gasteiger partial charge in [-0.1, -0.05) is 17.7 Å². The summed E-state index contributed by atoms with van der Waals surface area (Å²) in [5, 5.41) is 2.43. The molecule has 0 saturated heterocycles. The molecule has 2 rings (SSSR count). The van der Waals surface area contributed by atoms with Crippen LogP contribution in [0.5, 0.6) is 5.75 Å². The minimum atomic E-state index is -0.231. The van der Waals surface area contributed by atoms with Gasteiger partial charge in [0.15, 0.2) is 0 Å². The Morgan fingerprint density at radius 2 is 1.83 bits per heavy atom. The summed E-state index contributed by atoms with van der Waals surface area (Å²) in [6.07, 6.45) is 0. The Bertz CT molecular complexity index is 563. The largest absolute Gasteiger partial charge is 0.496 e. The summed E-state index contributed by atoms with van der Waals surface area (Å²) in [5.74, 6) is 0.834. The van der Waals surface area contributed by atoms with Crippen molar-refractivity contribution >= 4 is 34.5 Å². The van der Waals surface area contributed by atoms with Crippen LogP contribution in [0.15, 0.2) is 23.6 Å². The standard InChI is InChI=1S/C14H14Cl2OS/c1-8-4-11(12(15)5-9(8)2)14(16)13-6-10(17-3)7-18-13/h4-7,14H,1-3H3.